The van der Waals surface area contributed by atoms with Gasteiger partial charge in [0.1, 0.15) is 12.4 Å². The van der Waals surface area contributed by atoms with E-state index in [-0.39, 0.29) is 18.4 Å². The lowest BCUT2D eigenvalue weighted by Crippen LogP contribution is -2.37. The Morgan fingerprint density at radius 2 is 1.81 bits per heavy atom. The molecule has 1 heterocycles. The molecule has 0 fully saturated rings. The second-order valence-corrected chi connectivity index (χ2v) is 6.64. The number of nitrogens with one attached hydrogen (secondary N) is 1. The summed E-state index contributed by atoms with van der Waals surface area (Å²) >= 11 is 0. The van der Waals surface area contributed by atoms with Gasteiger partial charge in [0.25, 0.3) is 0 Å². The van der Waals surface area contributed by atoms with Crippen LogP contribution in [0.1, 0.15) is 23.7 Å². The molecule has 2 aromatic carbocycles. The van der Waals surface area contributed by atoms with E-state index in [0.717, 1.165) is 22.6 Å². The van der Waals surface area contributed by atoms with Crippen LogP contribution in [0.5, 0.6) is 5.75 Å². The number of nitrogens with zero attached hydrogens (tertiary/aromatic N) is 3. The van der Waals surface area contributed by atoms with E-state index in [1.807, 2.05) is 69.3 Å². The average molecular weight is 364 g/mol. The summed E-state index contributed by atoms with van der Waals surface area (Å²) in [4.78, 5) is 13.8. The first kappa shape index (κ1) is 18.6. The predicted molar refractivity (Wildman–Crippen MR) is 104 cm³/mol. The van der Waals surface area contributed by atoms with Crippen LogP contribution in [0.3, 0.4) is 0 Å². The van der Waals surface area contributed by atoms with Crippen molar-refractivity contribution in [3.8, 4) is 11.4 Å². The van der Waals surface area contributed by atoms with E-state index >= 15 is 0 Å². The lowest BCUT2D eigenvalue weighted by molar-refractivity contribution is -0.121. The molecule has 1 amide bonds. The van der Waals surface area contributed by atoms with Crippen LogP contribution >= 0.6 is 0 Å². The van der Waals surface area contributed by atoms with Crippen LogP contribution in [0.2, 0.25) is 0 Å². The van der Waals surface area contributed by atoms with Gasteiger partial charge in [-0.2, -0.15) is 15.0 Å². The van der Waals surface area contributed by atoms with Crippen molar-refractivity contribution < 1.29 is 9.53 Å². The second kappa shape index (κ2) is 8.49. The first-order valence-electron chi connectivity index (χ1n) is 8.98. The van der Waals surface area contributed by atoms with Crippen molar-refractivity contribution in [2.24, 2.45) is 0 Å². The zero-order valence-corrected chi connectivity index (χ0v) is 15.8. The van der Waals surface area contributed by atoms with Gasteiger partial charge in [-0.3, -0.25) is 4.79 Å². The van der Waals surface area contributed by atoms with E-state index in [2.05, 4.69) is 15.5 Å². The van der Waals surface area contributed by atoms with Crippen LogP contribution in [0.15, 0.2) is 54.7 Å². The molecule has 1 unspecified atom stereocenters. The number of aromatic nitrogens is 3. The fraction of sp³-hybridized carbons (Fsp3) is 0.286. The second-order valence-electron chi connectivity index (χ2n) is 6.64. The lowest BCUT2D eigenvalue weighted by Gasteiger charge is -2.17. The molecule has 27 heavy (non-hydrogen) atoms. The zero-order valence-electron chi connectivity index (χ0n) is 15.8. The van der Waals surface area contributed by atoms with Gasteiger partial charge in [-0.05, 0) is 44.0 Å². The number of carbonyl (C=O) groups is 1. The number of carbonyl (C=O) groups excluding carboxylic acids is 1. The van der Waals surface area contributed by atoms with E-state index in [9.17, 15) is 4.79 Å². The average Bonchev–Trinajstić information content (AvgIpc) is 3.10. The van der Waals surface area contributed by atoms with Gasteiger partial charge in [0.05, 0.1) is 30.0 Å². The van der Waals surface area contributed by atoms with Gasteiger partial charge >= 0.3 is 0 Å². The highest BCUT2D eigenvalue weighted by molar-refractivity contribution is 5.78. The maximum absolute atomic E-state index is 12.3. The Balaban J connectivity index is 1.51. The molecule has 0 radical (unpaired) electrons. The normalized spacial score (nSPS) is 11.8. The van der Waals surface area contributed by atoms with Crippen molar-refractivity contribution >= 4 is 5.91 Å². The first-order chi connectivity index (χ1) is 13.0. The van der Waals surface area contributed by atoms with E-state index in [1.165, 1.54) is 4.80 Å². The smallest absolute Gasteiger partial charge is 0.226 e. The molecule has 1 N–H and O–H groups in total. The highest BCUT2D eigenvalue weighted by atomic mass is 16.5. The van der Waals surface area contributed by atoms with Crippen LogP contribution < -0.4 is 10.1 Å². The predicted octanol–water partition coefficient (Wildman–Crippen LogP) is 3.01. The molecule has 3 aromatic rings. The van der Waals surface area contributed by atoms with Crippen LogP contribution in [-0.4, -0.2) is 33.5 Å². The minimum absolute atomic E-state index is 0.104. The largest absolute Gasteiger partial charge is 0.491 e. The number of aryl methyl sites for hydroxylation is 2. The van der Waals surface area contributed by atoms with Gasteiger partial charge < -0.3 is 10.1 Å². The summed E-state index contributed by atoms with van der Waals surface area (Å²) in [6.07, 6.45) is 1.80. The molecule has 1 aromatic heterocycles. The number of amides is 1. The molecule has 0 saturated carbocycles. The number of benzene rings is 2. The van der Waals surface area contributed by atoms with Gasteiger partial charge in [0.15, 0.2) is 0 Å². The van der Waals surface area contributed by atoms with E-state index < -0.39 is 0 Å². The first-order valence-corrected chi connectivity index (χ1v) is 8.98. The molecular formula is C21H24N4O2. The van der Waals surface area contributed by atoms with Crippen LogP contribution in [0.25, 0.3) is 5.69 Å². The van der Waals surface area contributed by atoms with Crippen LogP contribution in [0.4, 0.5) is 0 Å². The molecule has 0 aliphatic heterocycles. The van der Waals surface area contributed by atoms with Crippen molar-refractivity contribution in [2.45, 2.75) is 33.2 Å². The van der Waals surface area contributed by atoms with Crippen LogP contribution in [0, 0.1) is 13.8 Å². The topological polar surface area (TPSA) is 69.0 Å². The molecular weight excluding hydrogens is 340 g/mol. The Bertz CT molecular complexity index is 885. The Morgan fingerprint density at radius 1 is 1.11 bits per heavy atom. The molecule has 140 valence electrons. The van der Waals surface area contributed by atoms with Crippen molar-refractivity contribution in [1.29, 1.82) is 0 Å². The number of ether oxygens (including phenoxy) is 1. The number of hydrogen-bond donors (Lipinski definition) is 1. The summed E-state index contributed by atoms with van der Waals surface area (Å²) in [5.74, 6) is 0.775. The molecule has 0 bridgehead atoms. The number of para-hydroxylation sites is 2. The fourth-order valence-corrected chi connectivity index (χ4v) is 2.83. The molecule has 0 aliphatic carbocycles. The minimum atomic E-state index is -0.110. The van der Waals surface area contributed by atoms with E-state index in [0.29, 0.717) is 12.3 Å². The Labute approximate surface area is 159 Å². The van der Waals surface area contributed by atoms with E-state index in [4.69, 9.17) is 4.74 Å². The molecule has 0 aliphatic rings. The standard InChI is InChI=1S/C21H24N4O2/c1-15-8-7-9-16(2)21(15)27-14-17(3)23-20(26)12-18-13-22-25(24-18)19-10-5-4-6-11-19/h4-11,13,17H,12,14H2,1-3H3,(H,23,26). The van der Waals surface area contributed by atoms with Crippen LogP contribution in [-0.2, 0) is 11.2 Å². The van der Waals surface area contributed by atoms with Gasteiger partial charge in [0.2, 0.25) is 5.91 Å². The number of hydrogen-bond acceptors (Lipinski definition) is 4. The van der Waals surface area contributed by atoms with Gasteiger partial charge in [0, 0.05) is 0 Å². The highest BCUT2D eigenvalue weighted by Gasteiger charge is 2.13. The third-order valence-corrected chi connectivity index (χ3v) is 4.16. The molecule has 3 rings (SSSR count). The molecule has 0 spiro atoms. The fourth-order valence-electron chi connectivity index (χ4n) is 2.83. The minimum Gasteiger partial charge on any atom is -0.491 e. The number of rotatable bonds is 7. The van der Waals surface area contributed by atoms with Gasteiger partial charge in [-0.15, -0.1) is 0 Å². The Hall–Kier alpha value is -3.15. The maximum Gasteiger partial charge on any atom is 0.226 e. The van der Waals surface area contributed by atoms with Crippen molar-refractivity contribution in [2.75, 3.05) is 6.61 Å². The Kier molecular flexibility index (Phi) is 5.86. The van der Waals surface area contributed by atoms with Gasteiger partial charge in [-0.25, -0.2) is 0 Å². The molecule has 6 nitrogen and oxygen atoms in total. The summed E-state index contributed by atoms with van der Waals surface area (Å²) in [5.41, 5.74) is 3.66. The summed E-state index contributed by atoms with van der Waals surface area (Å²) in [6, 6.07) is 15.5. The van der Waals surface area contributed by atoms with Gasteiger partial charge in [-0.1, -0.05) is 36.4 Å². The summed E-state index contributed by atoms with van der Waals surface area (Å²) in [7, 11) is 0. The summed E-state index contributed by atoms with van der Waals surface area (Å²) in [6.45, 7) is 6.36. The maximum atomic E-state index is 12.3. The van der Waals surface area contributed by atoms with Crippen molar-refractivity contribution in [1.82, 2.24) is 20.3 Å². The molecule has 1 atom stereocenters. The monoisotopic (exact) mass is 364 g/mol. The quantitative estimate of drug-likeness (QED) is 0.700. The third kappa shape index (κ3) is 4.94. The zero-order chi connectivity index (χ0) is 19.2. The lowest BCUT2D eigenvalue weighted by atomic mass is 10.1. The third-order valence-electron chi connectivity index (χ3n) is 4.16. The Morgan fingerprint density at radius 3 is 2.52 bits per heavy atom. The summed E-state index contributed by atoms with van der Waals surface area (Å²) < 4.78 is 5.90. The van der Waals surface area contributed by atoms with Crippen molar-refractivity contribution in [3.05, 3.63) is 71.5 Å². The van der Waals surface area contributed by atoms with Crippen molar-refractivity contribution in [3.63, 3.8) is 0 Å². The SMILES string of the molecule is Cc1cccc(C)c1OCC(C)NC(=O)Cc1cnn(-c2ccccc2)n1. The van der Waals surface area contributed by atoms with E-state index in [1.54, 1.807) is 6.20 Å². The molecule has 6 heteroatoms. The molecule has 0 saturated heterocycles. The summed E-state index contributed by atoms with van der Waals surface area (Å²) in [5, 5.41) is 11.5. The highest BCUT2D eigenvalue weighted by Crippen LogP contribution is 2.22.